The first-order valence-corrected chi connectivity index (χ1v) is 8.90. The SMILES string of the molecule is COC(=O)c1cccc(C(=O)NC(=O)NCc2c(C)cccc2C(C)C)c1N. The second-order valence-corrected chi connectivity index (χ2v) is 6.69. The summed E-state index contributed by atoms with van der Waals surface area (Å²) in [6.45, 7) is 6.43. The van der Waals surface area contributed by atoms with E-state index in [0.29, 0.717) is 5.92 Å². The van der Waals surface area contributed by atoms with Crippen molar-refractivity contribution in [2.75, 3.05) is 12.8 Å². The van der Waals surface area contributed by atoms with Gasteiger partial charge in [-0.25, -0.2) is 9.59 Å². The number of aryl methyl sites for hydroxylation is 1. The Kier molecular flexibility index (Phi) is 6.76. The van der Waals surface area contributed by atoms with Gasteiger partial charge in [-0.15, -0.1) is 0 Å². The molecule has 28 heavy (non-hydrogen) atoms. The smallest absolute Gasteiger partial charge is 0.339 e. The van der Waals surface area contributed by atoms with Gasteiger partial charge in [0.15, 0.2) is 0 Å². The number of nitrogen functional groups attached to an aromatic ring is 1. The third kappa shape index (κ3) is 4.68. The molecule has 2 rings (SSSR count). The molecule has 0 spiro atoms. The molecule has 0 atom stereocenters. The molecule has 148 valence electrons. The number of hydrogen-bond acceptors (Lipinski definition) is 5. The van der Waals surface area contributed by atoms with Crippen molar-refractivity contribution in [3.63, 3.8) is 0 Å². The maximum Gasteiger partial charge on any atom is 0.339 e. The van der Waals surface area contributed by atoms with E-state index in [9.17, 15) is 14.4 Å². The molecule has 0 aliphatic heterocycles. The highest BCUT2D eigenvalue weighted by molar-refractivity contribution is 6.10. The summed E-state index contributed by atoms with van der Waals surface area (Å²) >= 11 is 0. The molecule has 7 heteroatoms. The molecular formula is C21H25N3O4. The third-order valence-electron chi connectivity index (χ3n) is 4.48. The Morgan fingerprint density at radius 2 is 1.71 bits per heavy atom. The normalized spacial score (nSPS) is 10.5. The lowest BCUT2D eigenvalue weighted by Gasteiger charge is -2.16. The molecule has 0 radical (unpaired) electrons. The highest BCUT2D eigenvalue weighted by atomic mass is 16.5. The van der Waals surface area contributed by atoms with E-state index < -0.39 is 17.9 Å². The molecule has 3 amide bonds. The fourth-order valence-corrected chi connectivity index (χ4v) is 2.94. The third-order valence-corrected chi connectivity index (χ3v) is 4.48. The summed E-state index contributed by atoms with van der Waals surface area (Å²) in [7, 11) is 1.22. The van der Waals surface area contributed by atoms with E-state index in [2.05, 4.69) is 29.2 Å². The summed E-state index contributed by atoms with van der Waals surface area (Å²) in [5.74, 6) is -1.05. The molecule has 0 heterocycles. The molecule has 2 aromatic rings. The van der Waals surface area contributed by atoms with E-state index in [0.717, 1.165) is 16.7 Å². The van der Waals surface area contributed by atoms with Crippen LogP contribution in [0.5, 0.6) is 0 Å². The molecule has 0 aliphatic carbocycles. The molecule has 0 aliphatic rings. The predicted octanol–water partition coefficient (Wildman–Crippen LogP) is 3.13. The zero-order valence-corrected chi connectivity index (χ0v) is 16.5. The first-order chi connectivity index (χ1) is 13.3. The van der Waals surface area contributed by atoms with Gasteiger partial charge in [0.25, 0.3) is 5.91 Å². The number of rotatable bonds is 5. The van der Waals surface area contributed by atoms with Gasteiger partial charge >= 0.3 is 12.0 Å². The Balaban J connectivity index is 2.09. The minimum absolute atomic E-state index is 0.0248. The second kappa shape index (κ2) is 9.03. The molecular weight excluding hydrogens is 358 g/mol. The average Bonchev–Trinajstić information content (AvgIpc) is 2.66. The fraction of sp³-hybridized carbons (Fsp3) is 0.286. The molecule has 0 bridgehead atoms. The maximum absolute atomic E-state index is 12.4. The number of ether oxygens (including phenoxy) is 1. The highest BCUT2D eigenvalue weighted by Gasteiger charge is 2.19. The predicted molar refractivity (Wildman–Crippen MR) is 107 cm³/mol. The number of amides is 3. The van der Waals surface area contributed by atoms with Crippen LogP contribution in [0, 0.1) is 6.92 Å². The molecule has 7 nitrogen and oxygen atoms in total. The number of carbonyl (C=O) groups excluding carboxylic acids is 3. The van der Waals surface area contributed by atoms with Gasteiger partial charge in [-0.05, 0) is 41.7 Å². The lowest BCUT2D eigenvalue weighted by molar-refractivity contribution is 0.0602. The molecule has 4 N–H and O–H groups in total. The number of hydrogen-bond donors (Lipinski definition) is 3. The Labute approximate surface area is 164 Å². The van der Waals surface area contributed by atoms with Gasteiger partial charge in [0.2, 0.25) is 0 Å². The Morgan fingerprint density at radius 1 is 1.07 bits per heavy atom. The first kappa shape index (κ1) is 21.0. The van der Waals surface area contributed by atoms with E-state index in [-0.39, 0.29) is 23.4 Å². The molecule has 0 aromatic heterocycles. The van der Waals surface area contributed by atoms with Crippen molar-refractivity contribution in [3.8, 4) is 0 Å². The van der Waals surface area contributed by atoms with Crippen LogP contribution in [-0.4, -0.2) is 25.0 Å². The van der Waals surface area contributed by atoms with Crippen molar-refractivity contribution < 1.29 is 19.1 Å². The monoisotopic (exact) mass is 383 g/mol. The summed E-state index contributed by atoms with van der Waals surface area (Å²) in [4.78, 5) is 36.3. The lowest BCUT2D eigenvalue weighted by Crippen LogP contribution is -2.39. The number of carbonyl (C=O) groups is 3. The van der Waals surface area contributed by atoms with Crippen LogP contribution in [0.1, 0.15) is 57.2 Å². The van der Waals surface area contributed by atoms with Gasteiger partial charge in [0, 0.05) is 6.54 Å². The van der Waals surface area contributed by atoms with E-state index in [1.165, 1.54) is 25.3 Å². The topological polar surface area (TPSA) is 111 Å². The lowest BCUT2D eigenvalue weighted by atomic mass is 9.94. The Morgan fingerprint density at radius 3 is 2.36 bits per heavy atom. The van der Waals surface area contributed by atoms with Crippen LogP contribution in [0.3, 0.4) is 0 Å². The number of anilines is 1. The number of urea groups is 1. The zero-order chi connectivity index (χ0) is 20.8. The van der Waals surface area contributed by atoms with Crippen LogP contribution in [0.15, 0.2) is 36.4 Å². The van der Waals surface area contributed by atoms with Crippen LogP contribution in [-0.2, 0) is 11.3 Å². The number of methoxy groups -OCH3 is 1. The first-order valence-electron chi connectivity index (χ1n) is 8.90. The van der Waals surface area contributed by atoms with Crippen LogP contribution < -0.4 is 16.4 Å². The summed E-state index contributed by atoms with van der Waals surface area (Å²) < 4.78 is 4.63. The quantitative estimate of drug-likeness (QED) is 0.543. The van der Waals surface area contributed by atoms with Crippen molar-refractivity contribution in [3.05, 3.63) is 64.2 Å². The number of nitrogens with two attached hydrogens (primary N) is 1. The molecule has 0 saturated heterocycles. The minimum atomic E-state index is -0.699. The van der Waals surface area contributed by atoms with Crippen LogP contribution in [0.25, 0.3) is 0 Å². The van der Waals surface area contributed by atoms with E-state index in [1.54, 1.807) is 0 Å². The largest absolute Gasteiger partial charge is 0.465 e. The fourth-order valence-electron chi connectivity index (χ4n) is 2.94. The highest BCUT2D eigenvalue weighted by Crippen LogP contribution is 2.22. The summed E-state index contributed by atoms with van der Waals surface area (Å²) in [6.07, 6.45) is 0. The van der Waals surface area contributed by atoms with Gasteiger partial charge < -0.3 is 15.8 Å². The maximum atomic E-state index is 12.4. The van der Waals surface area contributed by atoms with Gasteiger partial charge in [-0.2, -0.15) is 0 Å². The molecule has 2 aromatic carbocycles. The number of imide groups is 1. The number of benzene rings is 2. The van der Waals surface area contributed by atoms with Crippen molar-refractivity contribution >= 4 is 23.6 Å². The van der Waals surface area contributed by atoms with Crippen molar-refractivity contribution in [1.29, 1.82) is 0 Å². The second-order valence-electron chi connectivity index (χ2n) is 6.69. The summed E-state index contributed by atoms with van der Waals surface area (Å²) in [5.41, 5.74) is 9.16. The average molecular weight is 383 g/mol. The minimum Gasteiger partial charge on any atom is -0.465 e. The van der Waals surface area contributed by atoms with Crippen molar-refractivity contribution in [1.82, 2.24) is 10.6 Å². The van der Waals surface area contributed by atoms with E-state index in [1.807, 2.05) is 25.1 Å². The zero-order valence-electron chi connectivity index (χ0n) is 16.5. The van der Waals surface area contributed by atoms with Crippen LogP contribution in [0.4, 0.5) is 10.5 Å². The summed E-state index contributed by atoms with van der Waals surface area (Å²) in [5, 5.41) is 4.94. The molecule has 0 saturated carbocycles. The van der Waals surface area contributed by atoms with Gasteiger partial charge in [-0.3, -0.25) is 10.1 Å². The number of para-hydroxylation sites is 1. The molecule has 0 fully saturated rings. The van der Waals surface area contributed by atoms with Gasteiger partial charge in [0.1, 0.15) is 0 Å². The number of nitrogens with one attached hydrogen (secondary N) is 2. The Bertz CT molecular complexity index is 907. The Hall–Kier alpha value is -3.35. The molecule has 0 unspecified atom stereocenters. The standard InChI is InChI=1S/C21H25N3O4/c1-12(2)14-8-5-7-13(3)17(14)11-23-21(27)24-19(25)15-9-6-10-16(18(15)22)20(26)28-4/h5-10,12H,11,22H2,1-4H3,(H2,23,24,25,27). The van der Waals surface area contributed by atoms with E-state index >= 15 is 0 Å². The van der Waals surface area contributed by atoms with Gasteiger partial charge in [0.05, 0.1) is 23.9 Å². The van der Waals surface area contributed by atoms with Gasteiger partial charge in [-0.1, -0.05) is 38.1 Å². The van der Waals surface area contributed by atoms with Crippen LogP contribution >= 0.6 is 0 Å². The van der Waals surface area contributed by atoms with E-state index in [4.69, 9.17) is 5.73 Å². The van der Waals surface area contributed by atoms with Crippen LogP contribution in [0.2, 0.25) is 0 Å². The summed E-state index contributed by atoms with van der Waals surface area (Å²) in [6, 6.07) is 9.71. The van der Waals surface area contributed by atoms with Crippen molar-refractivity contribution in [2.24, 2.45) is 0 Å². The van der Waals surface area contributed by atoms with Crippen molar-refractivity contribution in [2.45, 2.75) is 33.2 Å². The number of esters is 1.